The summed E-state index contributed by atoms with van der Waals surface area (Å²) in [4.78, 5) is 0. The van der Waals surface area contributed by atoms with Gasteiger partial charge in [0.15, 0.2) is 0 Å². The first kappa shape index (κ1) is 11.1. The second-order valence-electron chi connectivity index (χ2n) is 3.46. The highest BCUT2D eigenvalue weighted by atomic mass is 79.9. The summed E-state index contributed by atoms with van der Waals surface area (Å²) in [5.74, 6) is -0.245. The Hall–Kier alpha value is -1.35. The minimum absolute atomic E-state index is 0.245. The summed E-state index contributed by atoms with van der Waals surface area (Å²) in [5, 5.41) is 3.06. The molecule has 1 N–H and O–H groups in total. The molecule has 0 fully saturated rings. The number of hydrogen-bond donors (Lipinski definition) is 1. The van der Waals surface area contributed by atoms with Crippen molar-refractivity contribution in [3.8, 4) is 0 Å². The summed E-state index contributed by atoms with van der Waals surface area (Å²) in [6.45, 7) is 0.624. The van der Waals surface area contributed by atoms with Crippen LogP contribution in [0, 0.1) is 5.82 Å². The molecule has 0 bridgehead atoms. The van der Waals surface area contributed by atoms with Crippen molar-refractivity contribution >= 4 is 21.6 Å². The number of hydrogen-bond acceptors (Lipinski definition) is 1. The van der Waals surface area contributed by atoms with Gasteiger partial charge < -0.3 is 5.32 Å². The fourth-order valence-electron chi connectivity index (χ4n) is 1.43. The first-order valence-corrected chi connectivity index (χ1v) is 5.78. The van der Waals surface area contributed by atoms with Gasteiger partial charge in [-0.1, -0.05) is 46.3 Å². The van der Waals surface area contributed by atoms with Crippen molar-refractivity contribution in [2.45, 2.75) is 6.54 Å². The zero-order valence-corrected chi connectivity index (χ0v) is 10.2. The van der Waals surface area contributed by atoms with Gasteiger partial charge in [-0.25, -0.2) is 4.39 Å². The smallest absolute Gasteiger partial charge is 0.147 e. The van der Waals surface area contributed by atoms with Crippen LogP contribution in [0.4, 0.5) is 10.1 Å². The third-order valence-corrected chi connectivity index (χ3v) is 2.75. The van der Waals surface area contributed by atoms with E-state index in [2.05, 4.69) is 21.2 Å². The highest BCUT2D eigenvalue weighted by Crippen LogP contribution is 2.19. The molecule has 82 valence electrons. The minimum Gasteiger partial charge on any atom is -0.379 e. The summed E-state index contributed by atoms with van der Waals surface area (Å²) < 4.78 is 14.2. The third-order valence-electron chi connectivity index (χ3n) is 2.26. The van der Waals surface area contributed by atoms with Gasteiger partial charge in [-0.15, -0.1) is 0 Å². The zero-order chi connectivity index (χ0) is 11.4. The molecule has 0 amide bonds. The second kappa shape index (κ2) is 5.12. The number of halogens is 2. The predicted octanol–water partition coefficient (Wildman–Crippen LogP) is 4.20. The molecule has 0 unspecified atom stereocenters. The first-order chi connectivity index (χ1) is 7.75. The monoisotopic (exact) mass is 279 g/mol. The standard InChI is InChI=1S/C13H11BrFN/c14-11-6-7-13(12(15)8-11)16-9-10-4-2-1-3-5-10/h1-8,16H,9H2. The van der Waals surface area contributed by atoms with E-state index in [1.54, 1.807) is 6.07 Å². The third kappa shape index (κ3) is 2.83. The van der Waals surface area contributed by atoms with Gasteiger partial charge in [-0.2, -0.15) is 0 Å². The quantitative estimate of drug-likeness (QED) is 0.888. The molecular formula is C13H11BrFN. The average Bonchev–Trinajstić information content (AvgIpc) is 2.29. The van der Waals surface area contributed by atoms with Crippen LogP contribution < -0.4 is 5.32 Å². The lowest BCUT2D eigenvalue weighted by atomic mass is 10.2. The minimum atomic E-state index is -0.245. The van der Waals surface area contributed by atoms with Crippen molar-refractivity contribution < 1.29 is 4.39 Å². The molecule has 0 atom stereocenters. The number of rotatable bonds is 3. The molecule has 0 spiro atoms. The summed E-state index contributed by atoms with van der Waals surface area (Å²) in [6, 6.07) is 14.9. The van der Waals surface area contributed by atoms with Crippen molar-refractivity contribution in [1.82, 2.24) is 0 Å². The SMILES string of the molecule is Fc1cc(Br)ccc1NCc1ccccc1. The lowest BCUT2D eigenvalue weighted by Gasteiger charge is -2.07. The largest absolute Gasteiger partial charge is 0.379 e. The summed E-state index contributed by atoms with van der Waals surface area (Å²) in [6.07, 6.45) is 0. The van der Waals surface area contributed by atoms with Crippen LogP contribution in [0.2, 0.25) is 0 Å². The molecule has 16 heavy (non-hydrogen) atoms. The van der Waals surface area contributed by atoms with Crippen LogP contribution in [0.3, 0.4) is 0 Å². The summed E-state index contributed by atoms with van der Waals surface area (Å²) in [7, 11) is 0. The van der Waals surface area contributed by atoms with Gasteiger partial charge in [-0.05, 0) is 23.8 Å². The topological polar surface area (TPSA) is 12.0 Å². The number of nitrogens with one attached hydrogen (secondary N) is 1. The first-order valence-electron chi connectivity index (χ1n) is 4.98. The molecule has 0 saturated carbocycles. The molecule has 2 aromatic carbocycles. The highest BCUT2D eigenvalue weighted by molar-refractivity contribution is 9.10. The number of anilines is 1. The van der Waals surface area contributed by atoms with Gasteiger partial charge in [0.05, 0.1) is 5.69 Å². The fourth-order valence-corrected chi connectivity index (χ4v) is 1.76. The maximum Gasteiger partial charge on any atom is 0.147 e. The van der Waals surface area contributed by atoms with E-state index < -0.39 is 0 Å². The van der Waals surface area contributed by atoms with E-state index >= 15 is 0 Å². The van der Waals surface area contributed by atoms with Crippen LogP contribution in [0.5, 0.6) is 0 Å². The predicted molar refractivity (Wildman–Crippen MR) is 67.9 cm³/mol. The van der Waals surface area contributed by atoms with Crippen LogP contribution in [-0.4, -0.2) is 0 Å². The van der Waals surface area contributed by atoms with E-state index in [1.807, 2.05) is 36.4 Å². The molecule has 0 aliphatic carbocycles. The molecule has 0 aliphatic heterocycles. The Morgan fingerprint density at radius 1 is 1.06 bits per heavy atom. The van der Waals surface area contributed by atoms with Crippen molar-refractivity contribution in [3.63, 3.8) is 0 Å². The molecule has 0 aliphatic rings. The fraction of sp³-hybridized carbons (Fsp3) is 0.0769. The second-order valence-corrected chi connectivity index (χ2v) is 4.38. The van der Waals surface area contributed by atoms with Gasteiger partial charge in [0.25, 0.3) is 0 Å². The normalized spacial score (nSPS) is 10.1. The van der Waals surface area contributed by atoms with E-state index in [0.29, 0.717) is 12.2 Å². The summed E-state index contributed by atoms with van der Waals surface area (Å²) in [5.41, 5.74) is 1.65. The van der Waals surface area contributed by atoms with Crippen LogP contribution in [0.25, 0.3) is 0 Å². The average molecular weight is 280 g/mol. The maximum atomic E-state index is 13.5. The van der Waals surface area contributed by atoms with E-state index in [4.69, 9.17) is 0 Å². The molecule has 0 radical (unpaired) electrons. The van der Waals surface area contributed by atoms with Gasteiger partial charge in [0.1, 0.15) is 5.82 Å². The lowest BCUT2D eigenvalue weighted by molar-refractivity contribution is 0.629. The van der Waals surface area contributed by atoms with E-state index in [9.17, 15) is 4.39 Å². The molecule has 0 aromatic heterocycles. The van der Waals surface area contributed by atoms with Crippen LogP contribution in [0.1, 0.15) is 5.56 Å². The maximum absolute atomic E-state index is 13.5. The van der Waals surface area contributed by atoms with Crippen molar-refractivity contribution in [1.29, 1.82) is 0 Å². The van der Waals surface area contributed by atoms with Gasteiger partial charge in [0, 0.05) is 11.0 Å². The lowest BCUT2D eigenvalue weighted by Crippen LogP contribution is -2.00. The van der Waals surface area contributed by atoms with E-state index in [-0.39, 0.29) is 5.82 Å². The van der Waals surface area contributed by atoms with Crippen molar-refractivity contribution in [3.05, 3.63) is 64.4 Å². The molecular weight excluding hydrogens is 269 g/mol. The van der Waals surface area contributed by atoms with Gasteiger partial charge >= 0.3 is 0 Å². The zero-order valence-electron chi connectivity index (χ0n) is 8.58. The number of benzene rings is 2. The Morgan fingerprint density at radius 3 is 2.50 bits per heavy atom. The van der Waals surface area contributed by atoms with Gasteiger partial charge in [0.2, 0.25) is 0 Å². The molecule has 3 heteroatoms. The Bertz CT molecular complexity index is 471. The molecule has 1 nitrogen and oxygen atoms in total. The van der Waals surface area contributed by atoms with E-state index in [1.165, 1.54) is 6.07 Å². The molecule has 0 heterocycles. The van der Waals surface area contributed by atoms with Crippen LogP contribution in [0.15, 0.2) is 53.0 Å². The molecule has 2 rings (SSSR count). The van der Waals surface area contributed by atoms with Crippen LogP contribution in [-0.2, 0) is 6.54 Å². The Balaban J connectivity index is 2.05. The van der Waals surface area contributed by atoms with Crippen molar-refractivity contribution in [2.24, 2.45) is 0 Å². The van der Waals surface area contributed by atoms with Crippen molar-refractivity contribution in [2.75, 3.05) is 5.32 Å². The molecule has 0 saturated heterocycles. The Morgan fingerprint density at radius 2 is 1.81 bits per heavy atom. The highest BCUT2D eigenvalue weighted by Gasteiger charge is 2.01. The van der Waals surface area contributed by atoms with E-state index in [0.717, 1.165) is 10.0 Å². The Kier molecular flexibility index (Phi) is 3.57. The summed E-state index contributed by atoms with van der Waals surface area (Å²) >= 11 is 3.22. The molecule has 2 aromatic rings. The van der Waals surface area contributed by atoms with Crippen LogP contribution >= 0.6 is 15.9 Å². The Labute approximate surface area is 102 Å². The van der Waals surface area contributed by atoms with Gasteiger partial charge in [-0.3, -0.25) is 0 Å².